The average molecular weight is 255 g/mol. The normalized spacial score (nSPS) is 29.5. The van der Waals surface area contributed by atoms with Crippen LogP contribution in [0.1, 0.15) is 19.8 Å². The van der Waals surface area contributed by atoms with Crippen molar-refractivity contribution in [3.8, 4) is 0 Å². The summed E-state index contributed by atoms with van der Waals surface area (Å²) in [6, 6.07) is 0. The maximum atomic E-state index is 12.0. The summed E-state index contributed by atoms with van der Waals surface area (Å²) in [7, 11) is 0. The van der Waals surface area contributed by atoms with E-state index in [0.29, 0.717) is 26.2 Å². The third-order valence-corrected chi connectivity index (χ3v) is 3.69. The Morgan fingerprint density at radius 2 is 1.94 bits per heavy atom. The Morgan fingerprint density at radius 3 is 2.56 bits per heavy atom. The van der Waals surface area contributed by atoms with Crippen LogP contribution >= 0.6 is 0 Å². The van der Waals surface area contributed by atoms with Crippen molar-refractivity contribution >= 4 is 11.8 Å². The van der Waals surface area contributed by atoms with Gasteiger partial charge >= 0.3 is 0 Å². The van der Waals surface area contributed by atoms with Gasteiger partial charge in [-0.3, -0.25) is 14.5 Å². The van der Waals surface area contributed by atoms with Crippen LogP contribution in [-0.2, 0) is 14.3 Å². The number of morpholine rings is 1. The number of rotatable bonds is 3. The molecule has 6 heteroatoms. The van der Waals surface area contributed by atoms with Gasteiger partial charge in [0, 0.05) is 26.2 Å². The van der Waals surface area contributed by atoms with Gasteiger partial charge in [-0.2, -0.15) is 0 Å². The zero-order valence-corrected chi connectivity index (χ0v) is 10.9. The van der Waals surface area contributed by atoms with Crippen molar-refractivity contribution in [1.29, 1.82) is 0 Å². The van der Waals surface area contributed by atoms with E-state index in [1.807, 2.05) is 9.80 Å². The Morgan fingerprint density at radius 1 is 1.28 bits per heavy atom. The number of nitrogens with zero attached hydrogens (tertiary/aromatic N) is 2. The molecule has 1 atom stereocenters. The Hall–Kier alpha value is -1.14. The maximum Gasteiger partial charge on any atom is 0.250 e. The Balaban J connectivity index is 1.89. The van der Waals surface area contributed by atoms with E-state index in [1.54, 1.807) is 6.92 Å². The first-order valence-electron chi connectivity index (χ1n) is 6.45. The van der Waals surface area contributed by atoms with E-state index in [4.69, 9.17) is 10.5 Å². The Bertz CT molecular complexity index is 341. The minimum Gasteiger partial charge on any atom is -0.367 e. The largest absolute Gasteiger partial charge is 0.367 e. The van der Waals surface area contributed by atoms with E-state index in [1.165, 1.54) is 0 Å². The fraction of sp³-hybridized carbons (Fsp3) is 0.833. The van der Waals surface area contributed by atoms with Crippen LogP contribution in [-0.4, -0.2) is 66.5 Å². The molecule has 2 heterocycles. The first-order chi connectivity index (χ1) is 8.51. The van der Waals surface area contributed by atoms with Gasteiger partial charge in [-0.15, -0.1) is 0 Å². The number of amides is 2. The highest BCUT2D eigenvalue weighted by Crippen LogP contribution is 2.17. The molecule has 2 aliphatic rings. The minimum absolute atomic E-state index is 0.140. The number of nitrogens with two attached hydrogens (primary N) is 1. The van der Waals surface area contributed by atoms with Crippen molar-refractivity contribution in [3.63, 3.8) is 0 Å². The Kier molecular flexibility index (Phi) is 3.87. The predicted octanol–water partition coefficient (Wildman–Crippen LogP) is -0.815. The molecule has 0 spiro atoms. The smallest absolute Gasteiger partial charge is 0.250 e. The van der Waals surface area contributed by atoms with Gasteiger partial charge in [-0.25, -0.2) is 0 Å². The zero-order chi connectivity index (χ0) is 13.2. The van der Waals surface area contributed by atoms with Crippen LogP contribution in [0.5, 0.6) is 0 Å². The van der Waals surface area contributed by atoms with Gasteiger partial charge in [0.15, 0.2) is 5.60 Å². The number of hydrogen-bond donors (Lipinski definition) is 1. The molecule has 0 saturated carbocycles. The zero-order valence-electron chi connectivity index (χ0n) is 10.9. The van der Waals surface area contributed by atoms with Gasteiger partial charge in [-0.05, 0) is 19.8 Å². The van der Waals surface area contributed by atoms with Crippen LogP contribution in [0.4, 0.5) is 0 Å². The van der Waals surface area contributed by atoms with Crippen molar-refractivity contribution in [2.75, 3.05) is 39.3 Å². The molecule has 0 unspecified atom stereocenters. The van der Waals surface area contributed by atoms with Crippen molar-refractivity contribution in [2.45, 2.75) is 25.4 Å². The molecule has 0 radical (unpaired) electrons. The van der Waals surface area contributed by atoms with Gasteiger partial charge in [0.1, 0.15) is 0 Å². The van der Waals surface area contributed by atoms with Gasteiger partial charge in [-0.1, -0.05) is 0 Å². The van der Waals surface area contributed by atoms with Gasteiger partial charge in [0.25, 0.3) is 5.91 Å². The van der Waals surface area contributed by atoms with Gasteiger partial charge in [0.05, 0.1) is 13.2 Å². The third-order valence-electron chi connectivity index (χ3n) is 3.69. The molecular weight excluding hydrogens is 234 g/mol. The summed E-state index contributed by atoms with van der Waals surface area (Å²) < 4.78 is 5.42. The van der Waals surface area contributed by atoms with Crippen molar-refractivity contribution in [3.05, 3.63) is 0 Å². The molecule has 2 saturated heterocycles. The van der Waals surface area contributed by atoms with E-state index < -0.39 is 11.5 Å². The van der Waals surface area contributed by atoms with Gasteiger partial charge in [0.2, 0.25) is 5.91 Å². The predicted molar refractivity (Wildman–Crippen MR) is 65.8 cm³/mol. The van der Waals surface area contributed by atoms with E-state index in [-0.39, 0.29) is 5.91 Å². The number of carbonyl (C=O) groups is 2. The molecule has 0 bridgehead atoms. The van der Waals surface area contributed by atoms with E-state index in [2.05, 4.69) is 0 Å². The minimum atomic E-state index is -0.969. The molecule has 2 N–H and O–H groups in total. The van der Waals surface area contributed by atoms with Crippen LogP contribution in [0.15, 0.2) is 0 Å². The second-order valence-corrected chi connectivity index (χ2v) is 5.24. The highest BCUT2D eigenvalue weighted by Gasteiger charge is 2.38. The summed E-state index contributed by atoms with van der Waals surface area (Å²) in [4.78, 5) is 27.2. The lowest BCUT2D eigenvalue weighted by atomic mass is 10.0. The van der Waals surface area contributed by atoms with Crippen molar-refractivity contribution in [1.82, 2.24) is 9.80 Å². The molecule has 0 aliphatic carbocycles. The molecule has 102 valence electrons. The topological polar surface area (TPSA) is 75.9 Å². The molecule has 18 heavy (non-hydrogen) atoms. The molecular formula is C12H21N3O3. The van der Waals surface area contributed by atoms with Crippen LogP contribution in [0.3, 0.4) is 0 Å². The molecule has 2 amide bonds. The summed E-state index contributed by atoms with van der Waals surface area (Å²) in [5.41, 5.74) is 4.36. The van der Waals surface area contributed by atoms with E-state index in [0.717, 1.165) is 25.9 Å². The first kappa shape index (κ1) is 13.3. The highest BCUT2D eigenvalue weighted by atomic mass is 16.5. The third kappa shape index (κ3) is 2.81. The number of hydrogen-bond acceptors (Lipinski definition) is 4. The summed E-state index contributed by atoms with van der Waals surface area (Å²) in [5, 5.41) is 0. The van der Waals surface area contributed by atoms with Crippen LogP contribution in [0.2, 0.25) is 0 Å². The Labute approximate surface area is 107 Å². The number of carbonyl (C=O) groups excluding carboxylic acids is 2. The van der Waals surface area contributed by atoms with Gasteiger partial charge < -0.3 is 15.4 Å². The molecule has 0 aromatic rings. The standard InChI is InChI=1S/C12H21N3O3/c1-12(11(13)17)9-14(6-7-18-12)8-10(16)15-4-2-3-5-15/h2-9H2,1H3,(H2,13,17)/t12-/m1/s1. The lowest BCUT2D eigenvalue weighted by molar-refractivity contribution is -0.155. The second-order valence-electron chi connectivity index (χ2n) is 5.24. The summed E-state index contributed by atoms with van der Waals surface area (Å²) >= 11 is 0. The summed E-state index contributed by atoms with van der Waals surface area (Å²) in [6.07, 6.45) is 2.18. The lowest BCUT2D eigenvalue weighted by Gasteiger charge is -2.38. The number of ether oxygens (including phenoxy) is 1. The average Bonchev–Trinajstić information content (AvgIpc) is 2.82. The monoisotopic (exact) mass is 255 g/mol. The van der Waals surface area contributed by atoms with Crippen LogP contribution in [0, 0.1) is 0 Å². The number of likely N-dealkylation sites (tertiary alicyclic amines) is 1. The highest BCUT2D eigenvalue weighted by molar-refractivity contribution is 5.83. The van der Waals surface area contributed by atoms with Crippen molar-refractivity contribution in [2.24, 2.45) is 5.73 Å². The summed E-state index contributed by atoms with van der Waals surface area (Å²) in [6.45, 7) is 5.25. The molecule has 6 nitrogen and oxygen atoms in total. The molecule has 2 aliphatic heterocycles. The fourth-order valence-electron chi connectivity index (χ4n) is 2.49. The lowest BCUT2D eigenvalue weighted by Crippen LogP contribution is -2.58. The molecule has 0 aromatic carbocycles. The second kappa shape index (κ2) is 5.24. The number of primary amides is 1. The summed E-state index contributed by atoms with van der Waals surface area (Å²) in [5.74, 6) is -0.331. The first-order valence-corrected chi connectivity index (χ1v) is 6.45. The van der Waals surface area contributed by atoms with Crippen molar-refractivity contribution < 1.29 is 14.3 Å². The SMILES string of the molecule is C[C@]1(C(N)=O)CN(CC(=O)N2CCCC2)CCO1. The molecule has 2 rings (SSSR count). The van der Waals surface area contributed by atoms with E-state index in [9.17, 15) is 9.59 Å². The fourth-order valence-corrected chi connectivity index (χ4v) is 2.49. The quantitative estimate of drug-likeness (QED) is 0.715. The molecule has 0 aromatic heterocycles. The van der Waals surface area contributed by atoms with E-state index >= 15 is 0 Å². The van der Waals surface area contributed by atoms with Crippen LogP contribution in [0.25, 0.3) is 0 Å². The molecule has 2 fully saturated rings. The maximum absolute atomic E-state index is 12.0. The van der Waals surface area contributed by atoms with Crippen LogP contribution < -0.4 is 5.73 Å².